The molecule has 2 unspecified atom stereocenters. The normalized spacial score (nSPS) is 30.6. The van der Waals surface area contributed by atoms with E-state index in [2.05, 4.69) is 0 Å². The van der Waals surface area contributed by atoms with Crippen LogP contribution < -0.4 is 0 Å². The molecule has 1 rings (SSSR count). The molecule has 0 aromatic carbocycles. The van der Waals surface area contributed by atoms with Crippen LogP contribution in [0.1, 0.15) is 26.7 Å². The lowest BCUT2D eigenvalue weighted by Crippen LogP contribution is -2.33. The molecule has 0 spiro atoms. The molecule has 3 N–H and O–H groups in total. The van der Waals surface area contributed by atoms with Crippen LogP contribution >= 0.6 is 0 Å². The van der Waals surface area contributed by atoms with Gasteiger partial charge in [-0.2, -0.15) is 0 Å². The van der Waals surface area contributed by atoms with Crippen molar-refractivity contribution in [1.29, 1.82) is 0 Å². The molecule has 5 heteroatoms. The van der Waals surface area contributed by atoms with Crippen LogP contribution in [0, 0.1) is 0 Å². The molecular weight excluding hydrogens is 188 g/mol. The average Bonchev–Trinajstić information content (AvgIpc) is 2.48. The maximum absolute atomic E-state index is 9.35. The SMILES string of the molecule is CC(C)(O)O[C@@H]1CCC(C(O)CO)O1. The van der Waals surface area contributed by atoms with E-state index >= 15 is 0 Å². The molecular formula is C9H18O5. The summed E-state index contributed by atoms with van der Waals surface area (Å²) in [6, 6.07) is 0. The third kappa shape index (κ3) is 3.51. The Kier molecular flexibility index (Phi) is 3.86. The highest BCUT2D eigenvalue weighted by Crippen LogP contribution is 2.25. The molecule has 84 valence electrons. The van der Waals surface area contributed by atoms with Crippen LogP contribution in [0.4, 0.5) is 0 Å². The molecule has 1 aliphatic rings. The van der Waals surface area contributed by atoms with Crippen molar-refractivity contribution < 1.29 is 24.8 Å². The highest BCUT2D eigenvalue weighted by molar-refractivity contribution is 4.75. The van der Waals surface area contributed by atoms with Crippen molar-refractivity contribution in [3.63, 3.8) is 0 Å². The van der Waals surface area contributed by atoms with Crippen LogP contribution in [-0.4, -0.2) is 46.2 Å². The lowest BCUT2D eigenvalue weighted by atomic mass is 10.1. The van der Waals surface area contributed by atoms with Crippen molar-refractivity contribution in [3.8, 4) is 0 Å². The second-order valence-electron chi connectivity index (χ2n) is 4.00. The van der Waals surface area contributed by atoms with Gasteiger partial charge in [-0.05, 0) is 20.3 Å². The molecule has 1 aliphatic heterocycles. The minimum Gasteiger partial charge on any atom is -0.394 e. The van der Waals surface area contributed by atoms with Gasteiger partial charge in [0.25, 0.3) is 0 Å². The Balaban J connectivity index is 2.34. The molecule has 0 aliphatic carbocycles. The van der Waals surface area contributed by atoms with Crippen molar-refractivity contribution in [1.82, 2.24) is 0 Å². The Hall–Kier alpha value is -0.200. The van der Waals surface area contributed by atoms with E-state index in [0.717, 1.165) is 0 Å². The minimum atomic E-state index is -1.23. The van der Waals surface area contributed by atoms with Gasteiger partial charge in [-0.3, -0.25) is 0 Å². The van der Waals surface area contributed by atoms with Gasteiger partial charge < -0.3 is 24.8 Å². The van der Waals surface area contributed by atoms with Gasteiger partial charge in [-0.1, -0.05) is 0 Å². The first kappa shape index (κ1) is 11.9. The van der Waals surface area contributed by atoms with E-state index in [0.29, 0.717) is 12.8 Å². The zero-order valence-electron chi connectivity index (χ0n) is 8.51. The maximum Gasteiger partial charge on any atom is 0.162 e. The van der Waals surface area contributed by atoms with Crippen LogP contribution in [0.25, 0.3) is 0 Å². The third-order valence-corrected chi connectivity index (χ3v) is 2.05. The number of hydrogen-bond donors (Lipinski definition) is 3. The highest BCUT2D eigenvalue weighted by atomic mass is 16.7. The van der Waals surface area contributed by atoms with Crippen molar-refractivity contribution in [3.05, 3.63) is 0 Å². The Morgan fingerprint density at radius 3 is 2.64 bits per heavy atom. The first-order valence-electron chi connectivity index (χ1n) is 4.77. The molecule has 0 radical (unpaired) electrons. The smallest absolute Gasteiger partial charge is 0.162 e. The van der Waals surface area contributed by atoms with E-state index in [1.807, 2.05) is 0 Å². The van der Waals surface area contributed by atoms with E-state index in [-0.39, 0.29) is 6.61 Å². The molecule has 1 saturated heterocycles. The van der Waals surface area contributed by atoms with Crippen LogP contribution in [0.3, 0.4) is 0 Å². The second kappa shape index (κ2) is 4.55. The Bertz CT molecular complexity index is 177. The maximum atomic E-state index is 9.35. The van der Waals surface area contributed by atoms with Gasteiger partial charge in [0, 0.05) is 6.42 Å². The minimum absolute atomic E-state index is 0.320. The molecule has 0 aromatic heterocycles. The largest absolute Gasteiger partial charge is 0.394 e. The molecule has 0 saturated carbocycles. The molecule has 0 bridgehead atoms. The molecule has 0 amide bonds. The fraction of sp³-hybridized carbons (Fsp3) is 1.00. The van der Waals surface area contributed by atoms with Crippen LogP contribution in [0.2, 0.25) is 0 Å². The van der Waals surface area contributed by atoms with Crippen LogP contribution in [0.15, 0.2) is 0 Å². The van der Waals surface area contributed by atoms with Crippen molar-refractivity contribution in [2.45, 2.75) is 51.0 Å². The molecule has 1 heterocycles. The van der Waals surface area contributed by atoms with E-state index in [1.165, 1.54) is 13.8 Å². The summed E-state index contributed by atoms with van der Waals surface area (Å²) in [5, 5.41) is 27.3. The average molecular weight is 206 g/mol. The number of ether oxygens (including phenoxy) is 2. The zero-order chi connectivity index (χ0) is 10.8. The summed E-state index contributed by atoms with van der Waals surface area (Å²) in [4.78, 5) is 0. The monoisotopic (exact) mass is 206 g/mol. The van der Waals surface area contributed by atoms with Crippen molar-refractivity contribution >= 4 is 0 Å². The van der Waals surface area contributed by atoms with Gasteiger partial charge in [0.15, 0.2) is 12.1 Å². The Morgan fingerprint density at radius 2 is 2.14 bits per heavy atom. The lowest BCUT2D eigenvalue weighted by molar-refractivity contribution is -0.273. The number of rotatable bonds is 4. The summed E-state index contributed by atoms with van der Waals surface area (Å²) < 4.78 is 10.5. The Morgan fingerprint density at radius 1 is 1.50 bits per heavy atom. The van der Waals surface area contributed by atoms with E-state index in [4.69, 9.17) is 14.6 Å². The summed E-state index contributed by atoms with van der Waals surface area (Å²) in [6.07, 6.45) is -0.521. The van der Waals surface area contributed by atoms with Gasteiger partial charge >= 0.3 is 0 Å². The molecule has 0 aromatic rings. The topological polar surface area (TPSA) is 79.2 Å². The molecule has 14 heavy (non-hydrogen) atoms. The number of hydrogen-bond acceptors (Lipinski definition) is 5. The van der Waals surface area contributed by atoms with Crippen LogP contribution in [-0.2, 0) is 9.47 Å². The fourth-order valence-corrected chi connectivity index (χ4v) is 1.44. The first-order valence-corrected chi connectivity index (χ1v) is 4.77. The van der Waals surface area contributed by atoms with Crippen molar-refractivity contribution in [2.24, 2.45) is 0 Å². The Labute approximate surface area is 83.3 Å². The van der Waals surface area contributed by atoms with E-state index < -0.39 is 24.3 Å². The summed E-state index contributed by atoms with van der Waals surface area (Å²) in [7, 11) is 0. The van der Waals surface area contributed by atoms with Gasteiger partial charge in [-0.25, -0.2) is 0 Å². The predicted octanol–water partition coefficient (Wildman–Crippen LogP) is -0.410. The van der Waals surface area contributed by atoms with Crippen LogP contribution in [0.5, 0.6) is 0 Å². The summed E-state index contributed by atoms with van der Waals surface area (Å²) in [5.41, 5.74) is 0. The third-order valence-electron chi connectivity index (χ3n) is 2.05. The van der Waals surface area contributed by atoms with Gasteiger partial charge in [0.1, 0.15) is 6.10 Å². The first-order chi connectivity index (χ1) is 6.42. The van der Waals surface area contributed by atoms with Gasteiger partial charge in [-0.15, -0.1) is 0 Å². The quantitative estimate of drug-likeness (QED) is 0.545. The van der Waals surface area contributed by atoms with Gasteiger partial charge in [0.05, 0.1) is 12.7 Å². The molecule has 5 nitrogen and oxygen atoms in total. The van der Waals surface area contributed by atoms with Crippen molar-refractivity contribution in [2.75, 3.05) is 6.61 Å². The highest BCUT2D eigenvalue weighted by Gasteiger charge is 2.33. The standard InChI is InChI=1S/C9H18O5/c1-9(2,12)14-8-4-3-7(13-8)6(11)5-10/h6-8,10-12H,3-5H2,1-2H3/t6?,7?,8-/m1/s1. The summed E-state index contributed by atoms with van der Waals surface area (Å²) in [5.74, 6) is -1.23. The fourth-order valence-electron chi connectivity index (χ4n) is 1.44. The summed E-state index contributed by atoms with van der Waals surface area (Å²) in [6.45, 7) is 2.72. The van der Waals surface area contributed by atoms with Gasteiger partial charge in [0.2, 0.25) is 0 Å². The number of aliphatic hydroxyl groups is 3. The zero-order valence-corrected chi connectivity index (χ0v) is 8.51. The second-order valence-corrected chi connectivity index (χ2v) is 4.00. The lowest BCUT2D eigenvalue weighted by Gasteiger charge is -2.24. The summed E-state index contributed by atoms with van der Waals surface area (Å²) >= 11 is 0. The van der Waals surface area contributed by atoms with E-state index in [9.17, 15) is 10.2 Å². The number of aliphatic hydroxyl groups excluding tert-OH is 2. The molecule has 1 fully saturated rings. The van der Waals surface area contributed by atoms with E-state index in [1.54, 1.807) is 0 Å². The predicted molar refractivity (Wildman–Crippen MR) is 48.4 cm³/mol. The molecule has 3 atom stereocenters.